The van der Waals surface area contributed by atoms with Crippen LogP contribution in [0.5, 0.6) is 0 Å². The van der Waals surface area contributed by atoms with Crippen molar-refractivity contribution < 1.29 is 5.11 Å². The summed E-state index contributed by atoms with van der Waals surface area (Å²) in [6.07, 6.45) is 5.35. The van der Waals surface area contributed by atoms with Crippen molar-refractivity contribution >= 4 is 5.69 Å². The second-order valence-electron chi connectivity index (χ2n) is 6.05. The Morgan fingerprint density at radius 3 is 2.29 bits per heavy atom. The van der Waals surface area contributed by atoms with Gasteiger partial charge < -0.3 is 10.4 Å². The highest BCUT2D eigenvalue weighted by atomic mass is 16.3. The van der Waals surface area contributed by atoms with Crippen LogP contribution in [0, 0.1) is 0 Å². The van der Waals surface area contributed by atoms with E-state index in [1.807, 2.05) is 12.1 Å². The first-order valence-corrected chi connectivity index (χ1v) is 7.88. The van der Waals surface area contributed by atoms with Gasteiger partial charge in [-0.05, 0) is 24.5 Å². The van der Waals surface area contributed by atoms with E-state index >= 15 is 0 Å². The molecule has 0 bridgehead atoms. The molecule has 1 aliphatic rings. The Hall–Kier alpha value is -1.80. The van der Waals surface area contributed by atoms with Gasteiger partial charge >= 0.3 is 0 Å². The van der Waals surface area contributed by atoms with Crippen molar-refractivity contribution in [3.05, 3.63) is 54.6 Å². The summed E-state index contributed by atoms with van der Waals surface area (Å²) in [5.74, 6) is 0. The third kappa shape index (κ3) is 3.45. The molecule has 0 unspecified atom stereocenters. The van der Waals surface area contributed by atoms with Crippen LogP contribution in [0.1, 0.15) is 32.1 Å². The third-order valence-corrected chi connectivity index (χ3v) is 4.40. The van der Waals surface area contributed by atoms with Gasteiger partial charge in [0.1, 0.15) is 0 Å². The minimum absolute atomic E-state index is 0.540. The fourth-order valence-electron chi connectivity index (χ4n) is 3.15. The predicted octanol–water partition coefficient (Wildman–Crippen LogP) is 4.46. The van der Waals surface area contributed by atoms with Gasteiger partial charge in [0.25, 0.3) is 0 Å². The lowest BCUT2D eigenvalue weighted by molar-refractivity contribution is 0.0167. The first kappa shape index (κ1) is 14.2. The molecule has 1 fully saturated rings. The molecule has 110 valence electrons. The van der Waals surface area contributed by atoms with Crippen molar-refractivity contribution in [3.63, 3.8) is 0 Å². The van der Waals surface area contributed by atoms with E-state index in [0.717, 1.165) is 31.4 Å². The zero-order valence-electron chi connectivity index (χ0n) is 12.4. The highest BCUT2D eigenvalue weighted by Crippen LogP contribution is 2.31. The molecule has 0 spiro atoms. The van der Waals surface area contributed by atoms with Gasteiger partial charge in [0, 0.05) is 17.8 Å². The van der Waals surface area contributed by atoms with Crippen molar-refractivity contribution in [3.8, 4) is 11.1 Å². The summed E-state index contributed by atoms with van der Waals surface area (Å²) < 4.78 is 0. The zero-order valence-corrected chi connectivity index (χ0v) is 12.4. The van der Waals surface area contributed by atoms with Crippen LogP contribution in [-0.2, 0) is 0 Å². The highest BCUT2D eigenvalue weighted by molar-refractivity contribution is 5.77. The molecule has 1 saturated carbocycles. The number of aliphatic hydroxyl groups is 1. The molecule has 0 aliphatic heterocycles. The Balaban J connectivity index is 1.77. The number of nitrogens with one attached hydrogen (secondary N) is 1. The second kappa shape index (κ2) is 6.31. The summed E-state index contributed by atoms with van der Waals surface area (Å²) >= 11 is 0. The minimum Gasteiger partial charge on any atom is -0.388 e. The van der Waals surface area contributed by atoms with E-state index in [1.165, 1.54) is 17.5 Å². The largest absolute Gasteiger partial charge is 0.388 e. The topological polar surface area (TPSA) is 32.3 Å². The van der Waals surface area contributed by atoms with Gasteiger partial charge in [0.15, 0.2) is 0 Å². The summed E-state index contributed by atoms with van der Waals surface area (Å²) in [7, 11) is 0. The number of hydrogen-bond acceptors (Lipinski definition) is 2. The molecule has 0 heterocycles. The maximum Gasteiger partial charge on any atom is 0.0819 e. The predicted molar refractivity (Wildman–Crippen MR) is 88.4 cm³/mol. The van der Waals surface area contributed by atoms with Gasteiger partial charge in [-0.2, -0.15) is 0 Å². The van der Waals surface area contributed by atoms with Crippen LogP contribution < -0.4 is 5.32 Å². The van der Waals surface area contributed by atoms with Gasteiger partial charge in [0.05, 0.1) is 5.60 Å². The van der Waals surface area contributed by atoms with E-state index in [1.54, 1.807) is 0 Å². The fraction of sp³-hybridized carbons (Fsp3) is 0.368. The number of rotatable bonds is 4. The van der Waals surface area contributed by atoms with Crippen molar-refractivity contribution in [2.45, 2.75) is 37.7 Å². The van der Waals surface area contributed by atoms with Crippen LogP contribution in [0.2, 0.25) is 0 Å². The summed E-state index contributed by atoms with van der Waals surface area (Å²) in [6.45, 7) is 0.636. The van der Waals surface area contributed by atoms with Crippen LogP contribution in [0.25, 0.3) is 11.1 Å². The SMILES string of the molecule is OC1(CNc2ccccc2-c2ccccc2)CCCCC1. The smallest absolute Gasteiger partial charge is 0.0819 e. The normalized spacial score (nSPS) is 17.4. The summed E-state index contributed by atoms with van der Waals surface area (Å²) in [5, 5.41) is 14.1. The van der Waals surface area contributed by atoms with E-state index < -0.39 is 5.60 Å². The Bertz CT molecular complexity index is 573. The minimum atomic E-state index is -0.540. The van der Waals surface area contributed by atoms with Crippen LogP contribution in [-0.4, -0.2) is 17.3 Å². The molecule has 0 atom stereocenters. The first-order chi connectivity index (χ1) is 10.3. The van der Waals surface area contributed by atoms with Gasteiger partial charge in [0.2, 0.25) is 0 Å². The van der Waals surface area contributed by atoms with Crippen molar-refractivity contribution in [2.75, 3.05) is 11.9 Å². The molecule has 2 heteroatoms. The summed E-state index contributed by atoms with van der Waals surface area (Å²) in [6, 6.07) is 18.7. The molecule has 2 aromatic carbocycles. The molecule has 0 saturated heterocycles. The van der Waals surface area contributed by atoms with Crippen LogP contribution in [0.4, 0.5) is 5.69 Å². The molecule has 2 aromatic rings. The van der Waals surface area contributed by atoms with Crippen molar-refractivity contribution in [1.82, 2.24) is 0 Å². The summed E-state index contributed by atoms with van der Waals surface area (Å²) in [5.41, 5.74) is 2.96. The fourth-order valence-corrected chi connectivity index (χ4v) is 3.15. The van der Waals surface area contributed by atoms with Crippen molar-refractivity contribution in [1.29, 1.82) is 0 Å². The van der Waals surface area contributed by atoms with Crippen LogP contribution >= 0.6 is 0 Å². The van der Waals surface area contributed by atoms with Crippen LogP contribution in [0.15, 0.2) is 54.6 Å². The standard InChI is InChI=1S/C19H23NO/c21-19(13-7-2-8-14-19)15-20-18-12-6-5-11-17(18)16-9-3-1-4-10-16/h1,3-6,9-12,20-21H,2,7-8,13-15H2. The third-order valence-electron chi connectivity index (χ3n) is 4.40. The lowest BCUT2D eigenvalue weighted by Gasteiger charge is -2.32. The van der Waals surface area contributed by atoms with E-state index in [2.05, 4.69) is 47.8 Å². The molecule has 0 aromatic heterocycles. The van der Waals surface area contributed by atoms with Gasteiger partial charge in [-0.25, -0.2) is 0 Å². The number of hydrogen-bond donors (Lipinski definition) is 2. The van der Waals surface area contributed by atoms with E-state index in [0.29, 0.717) is 6.54 Å². The Kier molecular flexibility index (Phi) is 4.26. The Labute approximate surface area is 126 Å². The van der Waals surface area contributed by atoms with Gasteiger partial charge in [-0.15, -0.1) is 0 Å². The highest BCUT2D eigenvalue weighted by Gasteiger charge is 2.28. The van der Waals surface area contributed by atoms with Crippen LogP contribution in [0.3, 0.4) is 0 Å². The number of para-hydroxylation sites is 1. The number of benzene rings is 2. The zero-order chi connectivity index (χ0) is 14.5. The molecule has 21 heavy (non-hydrogen) atoms. The Morgan fingerprint density at radius 1 is 0.857 bits per heavy atom. The average molecular weight is 281 g/mol. The maximum atomic E-state index is 10.6. The molecule has 3 rings (SSSR count). The first-order valence-electron chi connectivity index (χ1n) is 7.88. The summed E-state index contributed by atoms with van der Waals surface area (Å²) in [4.78, 5) is 0. The lowest BCUT2D eigenvalue weighted by Crippen LogP contribution is -2.38. The quantitative estimate of drug-likeness (QED) is 0.867. The van der Waals surface area contributed by atoms with Gasteiger partial charge in [-0.3, -0.25) is 0 Å². The van der Waals surface area contributed by atoms with E-state index in [9.17, 15) is 5.11 Å². The molecule has 0 radical (unpaired) electrons. The molecular weight excluding hydrogens is 258 g/mol. The molecule has 0 amide bonds. The van der Waals surface area contributed by atoms with E-state index in [4.69, 9.17) is 0 Å². The average Bonchev–Trinajstić information content (AvgIpc) is 2.55. The number of anilines is 1. The lowest BCUT2D eigenvalue weighted by atomic mass is 9.85. The van der Waals surface area contributed by atoms with E-state index in [-0.39, 0.29) is 0 Å². The molecule has 1 aliphatic carbocycles. The van der Waals surface area contributed by atoms with Gasteiger partial charge in [-0.1, -0.05) is 67.8 Å². The van der Waals surface area contributed by atoms with Crippen molar-refractivity contribution in [2.24, 2.45) is 0 Å². The maximum absolute atomic E-state index is 10.6. The second-order valence-corrected chi connectivity index (χ2v) is 6.05. The monoisotopic (exact) mass is 281 g/mol. The molecule has 2 N–H and O–H groups in total. The molecule has 2 nitrogen and oxygen atoms in total. The Morgan fingerprint density at radius 2 is 1.52 bits per heavy atom. The molecular formula is C19H23NO.